The highest BCUT2D eigenvalue weighted by atomic mass is 32.2. The van der Waals surface area contributed by atoms with Crippen molar-refractivity contribution in [3.63, 3.8) is 0 Å². The molecule has 2 atom stereocenters. The van der Waals surface area contributed by atoms with Gasteiger partial charge in [-0.15, -0.1) is 0 Å². The zero-order chi connectivity index (χ0) is 17.1. The fourth-order valence-corrected chi connectivity index (χ4v) is 3.09. The molecule has 0 aliphatic carbocycles. The molecule has 0 saturated carbocycles. The van der Waals surface area contributed by atoms with Crippen molar-refractivity contribution in [3.05, 3.63) is 41.5 Å². The molecule has 128 valence electrons. The molecule has 2 heterocycles. The average molecular weight is 348 g/mol. The molecule has 1 saturated heterocycles. The number of hydrogen-bond donors (Lipinski definition) is 1. The van der Waals surface area contributed by atoms with E-state index in [1.165, 1.54) is 0 Å². The number of carbonyl (C=O) groups excluding carboxylic acids is 1. The summed E-state index contributed by atoms with van der Waals surface area (Å²) in [4.78, 5) is 19.5. The van der Waals surface area contributed by atoms with Gasteiger partial charge in [-0.1, -0.05) is 6.92 Å². The first-order valence-corrected chi connectivity index (χ1v) is 9.40. The number of aryl methyl sites for hydroxylation is 1. The molecule has 2 aromatic rings. The molecular weight excluding hydrogens is 328 g/mol. The summed E-state index contributed by atoms with van der Waals surface area (Å²) in [6.07, 6.45) is 2.07. The molecule has 1 aliphatic rings. The lowest BCUT2D eigenvalue weighted by Crippen LogP contribution is -2.42. The lowest BCUT2D eigenvalue weighted by atomic mass is 10.1. The Morgan fingerprint density at radius 2 is 2.17 bits per heavy atom. The van der Waals surface area contributed by atoms with Crippen LogP contribution in [0.1, 0.15) is 35.0 Å². The summed E-state index contributed by atoms with van der Waals surface area (Å²) in [5, 5.41) is 7.05. The van der Waals surface area contributed by atoms with E-state index < -0.39 is 10.8 Å². The smallest absolute Gasteiger partial charge is 0.254 e. The largest absolute Gasteiger partial charge is 0.366 e. The number of ether oxygens (including phenoxy) is 1. The van der Waals surface area contributed by atoms with Gasteiger partial charge in [-0.05, 0) is 24.3 Å². The molecule has 0 radical (unpaired) electrons. The second kappa shape index (κ2) is 7.23. The second-order valence-electron chi connectivity index (χ2n) is 5.58. The minimum Gasteiger partial charge on any atom is -0.366 e. The van der Waals surface area contributed by atoms with Gasteiger partial charge in [0.25, 0.3) is 5.91 Å². The zero-order valence-corrected chi connectivity index (χ0v) is 14.5. The predicted molar refractivity (Wildman–Crippen MR) is 89.1 cm³/mol. The van der Waals surface area contributed by atoms with E-state index in [1.807, 2.05) is 6.92 Å². The molecule has 1 aliphatic heterocycles. The van der Waals surface area contributed by atoms with Crippen LogP contribution in [0.2, 0.25) is 0 Å². The van der Waals surface area contributed by atoms with E-state index >= 15 is 0 Å². The number of carbonyl (C=O) groups is 1. The van der Waals surface area contributed by atoms with Crippen molar-refractivity contribution in [3.8, 4) is 0 Å². The third-order valence-electron chi connectivity index (χ3n) is 3.96. The standard InChI is InChI=1S/C16H20N4O3S/c1-3-14-17-15(19-18-14)13-10-20(8-9-23-13)16(21)11-4-6-12(7-5-11)24(2)22/h4-7,13H,3,8-10H2,1-2H3,(H,17,18,19)/t13-,24-/m0/s1. The maximum atomic E-state index is 12.7. The highest BCUT2D eigenvalue weighted by Gasteiger charge is 2.28. The van der Waals surface area contributed by atoms with E-state index in [-0.39, 0.29) is 12.0 Å². The van der Waals surface area contributed by atoms with E-state index in [0.717, 1.165) is 12.2 Å². The Morgan fingerprint density at radius 1 is 1.42 bits per heavy atom. The maximum absolute atomic E-state index is 12.7. The van der Waals surface area contributed by atoms with Crippen LogP contribution >= 0.6 is 0 Å². The van der Waals surface area contributed by atoms with Crippen molar-refractivity contribution in [1.82, 2.24) is 20.1 Å². The van der Waals surface area contributed by atoms with Crippen LogP contribution in [0.25, 0.3) is 0 Å². The number of aromatic nitrogens is 3. The van der Waals surface area contributed by atoms with Gasteiger partial charge in [0.2, 0.25) is 0 Å². The van der Waals surface area contributed by atoms with Gasteiger partial charge in [-0.3, -0.25) is 14.1 Å². The Kier molecular flexibility index (Phi) is 5.06. The van der Waals surface area contributed by atoms with Crippen molar-refractivity contribution >= 4 is 16.7 Å². The second-order valence-corrected chi connectivity index (χ2v) is 6.96. The fourth-order valence-electron chi connectivity index (χ4n) is 2.57. The van der Waals surface area contributed by atoms with E-state index in [0.29, 0.717) is 36.0 Å². The SMILES string of the molecule is CCc1nc([C@@H]2CN(C(=O)c3ccc([S@](C)=O)cc3)CCO2)n[nH]1. The number of aromatic amines is 1. The summed E-state index contributed by atoms with van der Waals surface area (Å²) in [5.41, 5.74) is 0.578. The minimum atomic E-state index is -1.05. The Bertz CT molecular complexity index is 744. The number of rotatable bonds is 4. The van der Waals surface area contributed by atoms with Gasteiger partial charge >= 0.3 is 0 Å². The van der Waals surface area contributed by atoms with Gasteiger partial charge in [0.15, 0.2) is 5.82 Å². The van der Waals surface area contributed by atoms with Crippen molar-refractivity contribution in [2.75, 3.05) is 26.0 Å². The topological polar surface area (TPSA) is 88.2 Å². The molecule has 8 heteroatoms. The number of nitrogens with zero attached hydrogens (tertiary/aromatic N) is 3. The number of nitrogens with one attached hydrogen (secondary N) is 1. The zero-order valence-electron chi connectivity index (χ0n) is 13.7. The van der Waals surface area contributed by atoms with Gasteiger partial charge < -0.3 is 9.64 Å². The number of H-pyrrole nitrogens is 1. The molecule has 0 spiro atoms. The molecule has 0 bridgehead atoms. The summed E-state index contributed by atoms with van der Waals surface area (Å²) >= 11 is 0. The van der Waals surface area contributed by atoms with Crippen molar-refractivity contribution in [2.45, 2.75) is 24.3 Å². The van der Waals surface area contributed by atoms with Crippen LogP contribution in [0, 0.1) is 0 Å². The monoisotopic (exact) mass is 348 g/mol. The average Bonchev–Trinajstić information content (AvgIpc) is 3.10. The molecule has 3 rings (SSSR count). The fraction of sp³-hybridized carbons (Fsp3) is 0.438. The molecule has 1 aromatic carbocycles. The van der Waals surface area contributed by atoms with Crippen LogP contribution in [0.3, 0.4) is 0 Å². The van der Waals surface area contributed by atoms with Crippen LogP contribution in [-0.4, -0.2) is 56.1 Å². The van der Waals surface area contributed by atoms with Crippen LogP contribution in [0.4, 0.5) is 0 Å². The first-order chi connectivity index (χ1) is 11.6. The molecule has 0 unspecified atom stereocenters. The van der Waals surface area contributed by atoms with Gasteiger partial charge in [0.1, 0.15) is 11.9 Å². The first-order valence-electron chi connectivity index (χ1n) is 7.84. The lowest BCUT2D eigenvalue weighted by Gasteiger charge is -2.31. The predicted octanol–water partition coefficient (Wildman–Crippen LogP) is 1.32. The summed E-state index contributed by atoms with van der Waals surface area (Å²) in [6, 6.07) is 6.88. The van der Waals surface area contributed by atoms with Crippen LogP contribution in [-0.2, 0) is 22.0 Å². The van der Waals surface area contributed by atoms with E-state index in [9.17, 15) is 9.00 Å². The summed E-state index contributed by atoms with van der Waals surface area (Å²) < 4.78 is 17.1. The summed E-state index contributed by atoms with van der Waals surface area (Å²) in [6.45, 7) is 3.39. The Hall–Kier alpha value is -2.06. The maximum Gasteiger partial charge on any atom is 0.254 e. The molecular formula is C16H20N4O3S. The lowest BCUT2D eigenvalue weighted by molar-refractivity contribution is -0.0266. The number of hydrogen-bond acceptors (Lipinski definition) is 5. The third kappa shape index (κ3) is 3.54. The number of amides is 1. The molecule has 1 fully saturated rings. The van der Waals surface area contributed by atoms with Crippen LogP contribution in [0.15, 0.2) is 29.2 Å². The third-order valence-corrected chi connectivity index (χ3v) is 4.89. The Labute approximate surface area is 142 Å². The van der Waals surface area contributed by atoms with Crippen LogP contribution in [0.5, 0.6) is 0 Å². The quantitative estimate of drug-likeness (QED) is 0.900. The van der Waals surface area contributed by atoms with E-state index in [4.69, 9.17) is 4.74 Å². The van der Waals surface area contributed by atoms with Crippen molar-refractivity contribution in [2.24, 2.45) is 0 Å². The normalized spacial score (nSPS) is 19.2. The summed E-state index contributed by atoms with van der Waals surface area (Å²) in [7, 11) is -1.05. The van der Waals surface area contributed by atoms with Gasteiger partial charge in [0, 0.05) is 40.5 Å². The van der Waals surface area contributed by atoms with E-state index in [2.05, 4.69) is 15.2 Å². The minimum absolute atomic E-state index is 0.0667. The van der Waals surface area contributed by atoms with Gasteiger partial charge in [-0.2, -0.15) is 5.10 Å². The Balaban J connectivity index is 1.71. The van der Waals surface area contributed by atoms with E-state index in [1.54, 1.807) is 35.4 Å². The first kappa shape index (κ1) is 16.8. The summed E-state index contributed by atoms with van der Waals surface area (Å²) in [5.74, 6) is 1.32. The molecule has 1 N–H and O–H groups in total. The molecule has 1 amide bonds. The van der Waals surface area contributed by atoms with Gasteiger partial charge in [0.05, 0.1) is 13.2 Å². The molecule has 24 heavy (non-hydrogen) atoms. The van der Waals surface area contributed by atoms with Crippen molar-refractivity contribution in [1.29, 1.82) is 0 Å². The highest BCUT2D eigenvalue weighted by Crippen LogP contribution is 2.21. The van der Waals surface area contributed by atoms with Gasteiger partial charge in [-0.25, -0.2) is 4.98 Å². The Morgan fingerprint density at radius 3 is 2.79 bits per heavy atom. The molecule has 7 nitrogen and oxygen atoms in total. The van der Waals surface area contributed by atoms with Crippen LogP contribution < -0.4 is 0 Å². The number of morpholine rings is 1. The highest BCUT2D eigenvalue weighted by molar-refractivity contribution is 7.84. The molecule has 1 aromatic heterocycles. The number of benzene rings is 1. The van der Waals surface area contributed by atoms with Crippen molar-refractivity contribution < 1.29 is 13.7 Å².